The minimum absolute atomic E-state index is 0.286. The van der Waals surface area contributed by atoms with Crippen LogP contribution in [0.4, 0.5) is 11.8 Å². The number of nitrogens with zero attached hydrogens (tertiary/aromatic N) is 3. The molecule has 0 aliphatic rings. The molecule has 2 aromatic carbocycles. The fourth-order valence-corrected chi connectivity index (χ4v) is 2.88. The largest absolute Gasteiger partial charge is 0.366 e. The summed E-state index contributed by atoms with van der Waals surface area (Å²) >= 11 is 6.22. The molecule has 4 nitrogen and oxygen atoms in total. The van der Waals surface area contributed by atoms with E-state index in [1.54, 1.807) is 6.20 Å². The molecule has 0 spiro atoms. The van der Waals surface area contributed by atoms with Crippen LogP contribution in [-0.2, 0) is 13.1 Å². The van der Waals surface area contributed by atoms with Crippen LogP contribution in [0.15, 0.2) is 66.9 Å². The minimum atomic E-state index is 0.286. The highest BCUT2D eigenvalue weighted by atomic mass is 35.5. The third kappa shape index (κ3) is 4.73. The van der Waals surface area contributed by atoms with E-state index in [4.69, 9.17) is 16.6 Å². The molecule has 0 aliphatic carbocycles. The van der Waals surface area contributed by atoms with Crippen LogP contribution >= 0.6 is 11.6 Å². The predicted molar refractivity (Wildman–Crippen MR) is 109 cm³/mol. The highest BCUT2D eigenvalue weighted by Gasteiger charge is 2.14. The van der Waals surface area contributed by atoms with Crippen molar-refractivity contribution < 1.29 is 0 Å². The number of halogens is 1. The van der Waals surface area contributed by atoms with Gasteiger partial charge in [0.1, 0.15) is 5.82 Å². The maximum Gasteiger partial charge on any atom is 0.227 e. The molecule has 1 N–H and O–H groups in total. The lowest BCUT2D eigenvalue weighted by Crippen LogP contribution is -2.31. The molecule has 0 atom stereocenters. The van der Waals surface area contributed by atoms with Crippen molar-refractivity contribution in [3.05, 3.63) is 83.0 Å². The van der Waals surface area contributed by atoms with Gasteiger partial charge in [-0.3, -0.25) is 0 Å². The van der Waals surface area contributed by atoms with E-state index >= 15 is 0 Å². The van der Waals surface area contributed by atoms with E-state index < -0.39 is 0 Å². The van der Waals surface area contributed by atoms with Gasteiger partial charge in [0, 0.05) is 30.4 Å². The molecule has 0 amide bonds. The Morgan fingerprint density at radius 3 is 2.46 bits per heavy atom. The van der Waals surface area contributed by atoms with E-state index in [1.807, 2.05) is 36.4 Å². The van der Waals surface area contributed by atoms with Crippen LogP contribution < -0.4 is 10.2 Å². The quantitative estimate of drug-likeness (QED) is 0.627. The van der Waals surface area contributed by atoms with Gasteiger partial charge in [0.2, 0.25) is 5.95 Å². The molecular weight excluding hydrogens is 344 g/mol. The van der Waals surface area contributed by atoms with Gasteiger partial charge >= 0.3 is 0 Å². The maximum atomic E-state index is 6.22. The van der Waals surface area contributed by atoms with Crippen LogP contribution in [0.3, 0.4) is 0 Å². The van der Waals surface area contributed by atoms with Gasteiger partial charge in [-0.2, -0.15) is 4.98 Å². The van der Waals surface area contributed by atoms with Crippen LogP contribution in [0, 0.1) is 0 Å². The molecule has 0 radical (unpaired) electrons. The molecule has 0 unspecified atom stereocenters. The summed E-state index contributed by atoms with van der Waals surface area (Å²) in [6.07, 6.45) is 1.79. The SMILES string of the molecule is CC(C)N(Cc1ccccc1)c1nccc(NCc2ccccc2Cl)n1. The number of aromatic nitrogens is 2. The molecule has 3 aromatic rings. The zero-order valence-corrected chi connectivity index (χ0v) is 15.8. The van der Waals surface area contributed by atoms with E-state index in [2.05, 4.69) is 53.3 Å². The monoisotopic (exact) mass is 366 g/mol. The van der Waals surface area contributed by atoms with E-state index in [9.17, 15) is 0 Å². The Hall–Kier alpha value is -2.59. The summed E-state index contributed by atoms with van der Waals surface area (Å²) in [5.41, 5.74) is 2.28. The molecule has 0 aliphatic heterocycles. The molecule has 3 rings (SSSR count). The van der Waals surface area contributed by atoms with Gasteiger partial charge < -0.3 is 10.2 Å². The van der Waals surface area contributed by atoms with E-state index in [-0.39, 0.29) is 6.04 Å². The summed E-state index contributed by atoms with van der Waals surface area (Å²) in [7, 11) is 0. The Balaban J connectivity index is 1.75. The Morgan fingerprint density at radius 1 is 1.00 bits per heavy atom. The first kappa shape index (κ1) is 18.2. The summed E-state index contributed by atoms with van der Waals surface area (Å²) in [6.45, 7) is 5.69. The summed E-state index contributed by atoms with van der Waals surface area (Å²) in [5.74, 6) is 1.50. The summed E-state index contributed by atoms with van der Waals surface area (Å²) in [6, 6.07) is 20.3. The van der Waals surface area contributed by atoms with Gasteiger partial charge in [-0.15, -0.1) is 0 Å². The van der Waals surface area contributed by atoms with Crippen molar-refractivity contribution in [3.63, 3.8) is 0 Å². The lowest BCUT2D eigenvalue weighted by atomic mass is 10.2. The molecular formula is C21H23ClN4. The number of hydrogen-bond donors (Lipinski definition) is 1. The van der Waals surface area contributed by atoms with Gasteiger partial charge in [0.15, 0.2) is 0 Å². The third-order valence-corrected chi connectivity index (χ3v) is 4.51. The lowest BCUT2D eigenvalue weighted by Gasteiger charge is -2.27. The van der Waals surface area contributed by atoms with Crippen LogP contribution in [0.25, 0.3) is 0 Å². The lowest BCUT2D eigenvalue weighted by molar-refractivity contribution is 0.661. The number of anilines is 2. The van der Waals surface area contributed by atoms with Crippen LogP contribution in [-0.4, -0.2) is 16.0 Å². The first-order chi connectivity index (χ1) is 12.6. The molecule has 1 heterocycles. The van der Waals surface area contributed by atoms with Gasteiger partial charge in [0.25, 0.3) is 0 Å². The zero-order valence-electron chi connectivity index (χ0n) is 15.1. The van der Waals surface area contributed by atoms with Crippen molar-refractivity contribution >= 4 is 23.4 Å². The van der Waals surface area contributed by atoms with Crippen LogP contribution in [0.5, 0.6) is 0 Å². The molecule has 0 bridgehead atoms. The Morgan fingerprint density at radius 2 is 1.73 bits per heavy atom. The zero-order chi connectivity index (χ0) is 18.4. The van der Waals surface area contributed by atoms with Gasteiger partial charge in [0.05, 0.1) is 0 Å². The molecule has 0 saturated heterocycles. The predicted octanol–water partition coefficient (Wildman–Crippen LogP) is 5.16. The van der Waals surface area contributed by atoms with Crippen molar-refractivity contribution in [1.82, 2.24) is 9.97 Å². The number of rotatable bonds is 7. The molecule has 134 valence electrons. The second-order valence-electron chi connectivity index (χ2n) is 6.39. The standard InChI is InChI=1S/C21H23ClN4/c1-16(2)26(15-17-8-4-3-5-9-17)21-23-13-12-20(25-21)24-14-18-10-6-7-11-19(18)22/h3-13,16H,14-15H2,1-2H3,(H,23,24,25). The summed E-state index contributed by atoms with van der Waals surface area (Å²) in [4.78, 5) is 11.4. The van der Waals surface area contributed by atoms with E-state index in [1.165, 1.54) is 5.56 Å². The smallest absolute Gasteiger partial charge is 0.227 e. The van der Waals surface area contributed by atoms with Gasteiger partial charge in [-0.05, 0) is 37.1 Å². The first-order valence-corrected chi connectivity index (χ1v) is 9.12. The minimum Gasteiger partial charge on any atom is -0.366 e. The third-order valence-electron chi connectivity index (χ3n) is 4.14. The van der Waals surface area contributed by atoms with Gasteiger partial charge in [-0.1, -0.05) is 60.1 Å². The molecule has 5 heteroatoms. The maximum absolute atomic E-state index is 6.22. The Kier molecular flexibility index (Phi) is 6.08. The number of nitrogens with one attached hydrogen (secondary N) is 1. The summed E-state index contributed by atoms with van der Waals surface area (Å²) in [5, 5.41) is 4.09. The fourth-order valence-electron chi connectivity index (χ4n) is 2.68. The topological polar surface area (TPSA) is 41.1 Å². The van der Waals surface area contributed by atoms with Crippen molar-refractivity contribution in [1.29, 1.82) is 0 Å². The second kappa shape index (κ2) is 8.68. The normalized spacial score (nSPS) is 10.8. The first-order valence-electron chi connectivity index (χ1n) is 8.74. The van der Waals surface area contributed by atoms with Crippen molar-refractivity contribution in [3.8, 4) is 0 Å². The Bertz CT molecular complexity index is 836. The van der Waals surface area contributed by atoms with Crippen molar-refractivity contribution in [2.45, 2.75) is 33.0 Å². The molecule has 1 aromatic heterocycles. The van der Waals surface area contributed by atoms with Gasteiger partial charge in [-0.25, -0.2) is 4.98 Å². The average molecular weight is 367 g/mol. The molecule has 0 saturated carbocycles. The molecule has 0 fully saturated rings. The van der Waals surface area contributed by atoms with E-state index in [0.717, 1.165) is 22.9 Å². The van der Waals surface area contributed by atoms with Crippen molar-refractivity contribution in [2.75, 3.05) is 10.2 Å². The number of benzene rings is 2. The average Bonchev–Trinajstić information content (AvgIpc) is 2.66. The molecule has 26 heavy (non-hydrogen) atoms. The van der Waals surface area contributed by atoms with Crippen LogP contribution in [0.1, 0.15) is 25.0 Å². The summed E-state index contributed by atoms with van der Waals surface area (Å²) < 4.78 is 0. The number of hydrogen-bond acceptors (Lipinski definition) is 4. The fraction of sp³-hybridized carbons (Fsp3) is 0.238. The Labute approximate surface area is 159 Å². The highest BCUT2D eigenvalue weighted by Crippen LogP contribution is 2.19. The van der Waals surface area contributed by atoms with Crippen LogP contribution in [0.2, 0.25) is 5.02 Å². The second-order valence-corrected chi connectivity index (χ2v) is 6.80. The van der Waals surface area contributed by atoms with Crippen molar-refractivity contribution in [2.24, 2.45) is 0 Å². The van der Waals surface area contributed by atoms with E-state index in [0.29, 0.717) is 12.5 Å². The highest BCUT2D eigenvalue weighted by molar-refractivity contribution is 6.31.